The molecule has 0 aliphatic heterocycles. The molecule has 0 bridgehead atoms. The van der Waals surface area contributed by atoms with E-state index in [1.54, 1.807) is 0 Å². The zero-order chi connectivity index (χ0) is 18.2. The minimum absolute atomic E-state index is 0.0229. The third-order valence-electron chi connectivity index (χ3n) is 3.88. The molecule has 1 fully saturated rings. The first-order valence-corrected chi connectivity index (χ1v) is 8.05. The summed E-state index contributed by atoms with van der Waals surface area (Å²) in [6, 6.07) is 5.25. The first-order chi connectivity index (χ1) is 11.7. The molecule has 1 saturated carbocycles. The molecule has 2 aromatic rings. The molecule has 2 N–H and O–H groups in total. The summed E-state index contributed by atoms with van der Waals surface area (Å²) in [6.45, 7) is 0.0229. The standard InChI is InChI=1S/C16H15ClF3N3O2/c17-10-3-4-13(24)11(7-10)21-15(25)5-6-23-12(9-1-2-9)8-14(22-23)16(18,19)20/h3-4,7-9,24H,1-2,5-6H2,(H,21,25). The second-order valence-electron chi connectivity index (χ2n) is 5.91. The van der Waals surface area contributed by atoms with Crippen molar-refractivity contribution in [3.63, 3.8) is 0 Å². The van der Waals surface area contributed by atoms with Crippen molar-refractivity contribution in [1.29, 1.82) is 0 Å². The van der Waals surface area contributed by atoms with E-state index >= 15 is 0 Å². The molecule has 1 aliphatic carbocycles. The highest BCUT2D eigenvalue weighted by Gasteiger charge is 2.37. The van der Waals surface area contributed by atoms with Gasteiger partial charge < -0.3 is 10.4 Å². The first kappa shape index (κ1) is 17.6. The van der Waals surface area contributed by atoms with Crippen LogP contribution in [0.3, 0.4) is 0 Å². The molecule has 5 nitrogen and oxygen atoms in total. The number of nitrogens with zero attached hydrogens (tertiary/aromatic N) is 2. The lowest BCUT2D eigenvalue weighted by Gasteiger charge is -2.09. The van der Waals surface area contributed by atoms with Crippen LogP contribution in [0.5, 0.6) is 5.75 Å². The van der Waals surface area contributed by atoms with Crippen LogP contribution in [0, 0.1) is 0 Å². The van der Waals surface area contributed by atoms with Gasteiger partial charge in [0.05, 0.1) is 5.69 Å². The molecule has 134 valence electrons. The zero-order valence-electron chi connectivity index (χ0n) is 13.0. The van der Waals surface area contributed by atoms with Gasteiger partial charge in [-0.2, -0.15) is 18.3 Å². The van der Waals surface area contributed by atoms with Crippen molar-refractivity contribution in [3.05, 3.63) is 40.7 Å². The predicted octanol–water partition coefficient (Wildman–Crippen LogP) is 4.17. The number of aryl methyl sites for hydroxylation is 1. The van der Waals surface area contributed by atoms with Crippen molar-refractivity contribution < 1.29 is 23.1 Å². The Morgan fingerprint density at radius 1 is 1.36 bits per heavy atom. The van der Waals surface area contributed by atoms with Crippen LogP contribution in [0.1, 0.15) is 36.6 Å². The number of benzene rings is 1. The van der Waals surface area contributed by atoms with Gasteiger partial charge in [-0.05, 0) is 37.1 Å². The number of aromatic hydroxyl groups is 1. The van der Waals surface area contributed by atoms with Gasteiger partial charge >= 0.3 is 6.18 Å². The number of anilines is 1. The van der Waals surface area contributed by atoms with E-state index in [2.05, 4.69) is 10.4 Å². The van der Waals surface area contributed by atoms with Gasteiger partial charge in [0.25, 0.3) is 0 Å². The van der Waals surface area contributed by atoms with E-state index < -0.39 is 17.8 Å². The number of nitrogens with one attached hydrogen (secondary N) is 1. The van der Waals surface area contributed by atoms with Crippen LogP contribution in [0.2, 0.25) is 5.02 Å². The van der Waals surface area contributed by atoms with Crippen molar-refractivity contribution in [2.45, 2.75) is 37.9 Å². The monoisotopic (exact) mass is 373 g/mol. The van der Waals surface area contributed by atoms with Crippen LogP contribution in [0.25, 0.3) is 0 Å². The molecule has 0 spiro atoms. The van der Waals surface area contributed by atoms with Crippen molar-refractivity contribution in [2.75, 3.05) is 5.32 Å². The summed E-state index contributed by atoms with van der Waals surface area (Å²) >= 11 is 5.80. The van der Waals surface area contributed by atoms with E-state index in [0.717, 1.165) is 18.9 Å². The van der Waals surface area contributed by atoms with E-state index in [4.69, 9.17) is 11.6 Å². The normalized spacial score (nSPS) is 14.6. The van der Waals surface area contributed by atoms with Gasteiger partial charge in [-0.3, -0.25) is 9.48 Å². The number of amides is 1. The van der Waals surface area contributed by atoms with E-state index in [-0.39, 0.29) is 30.3 Å². The molecule has 25 heavy (non-hydrogen) atoms. The SMILES string of the molecule is O=C(CCn1nc(C(F)(F)F)cc1C1CC1)Nc1cc(Cl)ccc1O. The average Bonchev–Trinajstić information content (AvgIpc) is 3.27. The number of rotatable bonds is 5. The predicted molar refractivity (Wildman–Crippen MR) is 85.6 cm³/mol. The van der Waals surface area contributed by atoms with Crippen LogP contribution >= 0.6 is 11.6 Å². The second-order valence-corrected chi connectivity index (χ2v) is 6.35. The number of carbonyl (C=O) groups is 1. The highest BCUT2D eigenvalue weighted by Crippen LogP contribution is 2.42. The largest absolute Gasteiger partial charge is 0.506 e. The van der Waals surface area contributed by atoms with Crippen LogP contribution in [-0.4, -0.2) is 20.8 Å². The van der Waals surface area contributed by atoms with Crippen molar-refractivity contribution in [3.8, 4) is 5.75 Å². The first-order valence-electron chi connectivity index (χ1n) is 7.67. The Kier molecular flexibility index (Phi) is 4.64. The summed E-state index contributed by atoms with van der Waals surface area (Å²) in [5, 5.41) is 16.1. The maximum absolute atomic E-state index is 12.8. The van der Waals surface area contributed by atoms with E-state index in [9.17, 15) is 23.1 Å². The summed E-state index contributed by atoms with van der Waals surface area (Å²) in [4.78, 5) is 12.0. The number of phenolic OH excluding ortho intramolecular Hbond substituents is 1. The molecular formula is C16H15ClF3N3O2. The van der Waals surface area contributed by atoms with Gasteiger partial charge in [0.1, 0.15) is 5.75 Å². The van der Waals surface area contributed by atoms with Crippen molar-refractivity contribution in [2.24, 2.45) is 0 Å². The minimum Gasteiger partial charge on any atom is -0.506 e. The number of hydrogen-bond donors (Lipinski definition) is 2. The molecule has 0 radical (unpaired) electrons. The third kappa shape index (κ3) is 4.25. The second kappa shape index (κ2) is 6.59. The number of alkyl halides is 3. The quantitative estimate of drug-likeness (QED) is 0.773. The summed E-state index contributed by atoms with van der Waals surface area (Å²) in [6.07, 6.45) is -2.94. The van der Waals surface area contributed by atoms with Crippen LogP contribution < -0.4 is 5.32 Å². The molecule has 1 aromatic carbocycles. The molecule has 0 saturated heterocycles. The highest BCUT2D eigenvalue weighted by atomic mass is 35.5. The number of carbonyl (C=O) groups excluding carboxylic acids is 1. The minimum atomic E-state index is -4.51. The Balaban J connectivity index is 1.67. The Bertz CT molecular complexity index is 800. The summed E-state index contributed by atoms with van der Waals surface area (Å²) in [5.74, 6) is -0.526. The van der Waals surface area contributed by atoms with Crippen LogP contribution in [-0.2, 0) is 17.5 Å². The lowest BCUT2D eigenvalue weighted by Crippen LogP contribution is -2.16. The fourth-order valence-electron chi connectivity index (χ4n) is 2.49. The van der Waals surface area contributed by atoms with Gasteiger partial charge in [-0.15, -0.1) is 0 Å². The lowest BCUT2D eigenvalue weighted by atomic mass is 10.2. The number of halogens is 4. The maximum atomic E-state index is 12.8. The number of phenols is 1. The van der Waals surface area contributed by atoms with Crippen molar-refractivity contribution >= 4 is 23.2 Å². The van der Waals surface area contributed by atoms with Gasteiger partial charge in [0, 0.05) is 29.6 Å². The fraction of sp³-hybridized carbons (Fsp3) is 0.375. The van der Waals surface area contributed by atoms with Crippen LogP contribution in [0.4, 0.5) is 18.9 Å². The van der Waals surface area contributed by atoms with Gasteiger partial charge in [0.2, 0.25) is 5.91 Å². The molecule has 1 aliphatic rings. The zero-order valence-corrected chi connectivity index (χ0v) is 13.7. The fourth-order valence-corrected chi connectivity index (χ4v) is 2.66. The van der Waals surface area contributed by atoms with E-state index in [1.165, 1.54) is 22.9 Å². The molecule has 0 atom stereocenters. The number of aromatic nitrogens is 2. The Hall–Kier alpha value is -2.22. The molecule has 3 rings (SSSR count). The number of hydrogen-bond acceptors (Lipinski definition) is 3. The van der Waals surface area contributed by atoms with E-state index in [0.29, 0.717) is 10.7 Å². The molecule has 1 heterocycles. The van der Waals surface area contributed by atoms with Gasteiger partial charge in [0.15, 0.2) is 5.69 Å². The molecule has 9 heteroatoms. The van der Waals surface area contributed by atoms with Gasteiger partial charge in [-0.25, -0.2) is 0 Å². The van der Waals surface area contributed by atoms with E-state index in [1.807, 2.05) is 0 Å². The Morgan fingerprint density at radius 2 is 2.08 bits per heavy atom. The summed E-state index contributed by atoms with van der Waals surface area (Å²) in [7, 11) is 0. The van der Waals surface area contributed by atoms with Gasteiger partial charge in [-0.1, -0.05) is 11.6 Å². The lowest BCUT2D eigenvalue weighted by molar-refractivity contribution is -0.141. The molecule has 0 unspecified atom stereocenters. The third-order valence-corrected chi connectivity index (χ3v) is 4.12. The smallest absolute Gasteiger partial charge is 0.435 e. The molecular weight excluding hydrogens is 359 g/mol. The molecule has 1 amide bonds. The summed E-state index contributed by atoms with van der Waals surface area (Å²) in [5.41, 5.74) is -0.288. The Labute approximate surface area is 146 Å². The Morgan fingerprint density at radius 3 is 2.72 bits per heavy atom. The van der Waals surface area contributed by atoms with Crippen molar-refractivity contribution in [1.82, 2.24) is 9.78 Å². The van der Waals surface area contributed by atoms with Crippen LogP contribution in [0.15, 0.2) is 24.3 Å². The maximum Gasteiger partial charge on any atom is 0.435 e. The highest BCUT2D eigenvalue weighted by molar-refractivity contribution is 6.31. The average molecular weight is 374 g/mol. The summed E-state index contributed by atoms with van der Waals surface area (Å²) < 4.78 is 39.8. The molecule has 1 aromatic heterocycles. The topological polar surface area (TPSA) is 67.2 Å².